The van der Waals surface area contributed by atoms with Crippen molar-refractivity contribution in [3.8, 4) is 0 Å². The number of rotatable bonds is 4. The molecular formula is C13H22N4OS. The van der Waals surface area contributed by atoms with Gasteiger partial charge in [0.25, 0.3) is 0 Å². The van der Waals surface area contributed by atoms with Crippen molar-refractivity contribution in [3.05, 3.63) is 5.01 Å². The molecule has 2 heterocycles. The Labute approximate surface area is 118 Å². The lowest BCUT2D eigenvalue weighted by Gasteiger charge is -2.35. The second-order valence-electron chi connectivity index (χ2n) is 4.93. The number of carbonyl (C=O) groups excluding carboxylic acids is 1. The van der Waals surface area contributed by atoms with Crippen LogP contribution < -0.4 is 4.90 Å². The van der Waals surface area contributed by atoms with Gasteiger partial charge in [0.15, 0.2) is 0 Å². The first-order valence-electron chi connectivity index (χ1n) is 6.99. The molecule has 0 radical (unpaired) electrons. The predicted octanol–water partition coefficient (Wildman–Crippen LogP) is 1.93. The largest absolute Gasteiger partial charge is 0.343 e. The molecule has 5 nitrogen and oxygen atoms in total. The quantitative estimate of drug-likeness (QED) is 0.846. The molecule has 1 fully saturated rings. The zero-order valence-corrected chi connectivity index (χ0v) is 12.7. The third-order valence-corrected chi connectivity index (χ3v) is 4.61. The van der Waals surface area contributed by atoms with Gasteiger partial charge in [0, 0.05) is 32.1 Å². The number of aromatic nitrogens is 2. The smallest absolute Gasteiger partial charge is 0.225 e. The fourth-order valence-corrected chi connectivity index (χ4v) is 3.17. The summed E-state index contributed by atoms with van der Waals surface area (Å²) in [5.41, 5.74) is 0. The first-order chi connectivity index (χ1) is 9.15. The van der Waals surface area contributed by atoms with Crippen molar-refractivity contribution in [1.29, 1.82) is 0 Å². The van der Waals surface area contributed by atoms with Crippen LogP contribution in [0.5, 0.6) is 0 Å². The topological polar surface area (TPSA) is 49.3 Å². The van der Waals surface area contributed by atoms with Gasteiger partial charge in [0.1, 0.15) is 5.01 Å². The molecule has 106 valence electrons. The molecule has 2 rings (SSSR count). The molecule has 0 aromatic carbocycles. The van der Waals surface area contributed by atoms with Crippen molar-refractivity contribution in [2.45, 2.75) is 33.6 Å². The third-order valence-electron chi connectivity index (χ3n) is 3.71. The Morgan fingerprint density at radius 1 is 1.21 bits per heavy atom. The van der Waals surface area contributed by atoms with E-state index in [1.165, 1.54) is 0 Å². The summed E-state index contributed by atoms with van der Waals surface area (Å²) in [4.78, 5) is 16.5. The Morgan fingerprint density at radius 3 is 2.32 bits per heavy atom. The van der Waals surface area contributed by atoms with Gasteiger partial charge in [0.05, 0.1) is 0 Å². The van der Waals surface area contributed by atoms with Gasteiger partial charge in [-0.05, 0) is 19.8 Å². The Morgan fingerprint density at radius 2 is 1.84 bits per heavy atom. The number of anilines is 1. The second-order valence-corrected chi connectivity index (χ2v) is 6.09. The molecule has 6 heteroatoms. The van der Waals surface area contributed by atoms with Crippen LogP contribution in [0.1, 0.15) is 31.7 Å². The van der Waals surface area contributed by atoms with Crippen molar-refractivity contribution in [1.82, 2.24) is 15.1 Å². The van der Waals surface area contributed by atoms with E-state index in [0.29, 0.717) is 5.91 Å². The predicted molar refractivity (Wildman–Crippen MR) is 77.5 cm³/mol. The molecule has 0 aliphatic carbocycles. The average molecular weight is 282 g/mol. The van der Waals surface area contributed by atoms with Crippen LogP contribution in [0.2, 0.25) is 0 Å². The van der Waals surface area contributed by atoms with Gasteiger partial charge in [-0.25, -0.2) is 0 Å². The summed E-state index contributed by atoms with van der Waals surface area (Å²) in [6.45, 7) is 9.47. The lowest BCUT2D eigenvalue weighted by Crippen LogP contribution is -2.50. The molecule has 0 bridgehead atoms. The summed E-state index contributed by atoms with van der Waals surface area (Å²) >= 11 is 1.62. The number of hydrogen-bond acceptors (Lipinski definition) is 5. The summed E-state index contributed by atoms with van der Waals surface area (Å²) in [5, 5.41) is 10.2. The highest BCUT2D eigenvalue weighted by Gasteiger charge is 2.26. The molecular weight excluding hydrogens is 260 g/mol. The summed E-state index contributed by atoms with van der Waals surface area (Å²) in [6.07, 6.45) is 1.87. The van der Waals surface area contributed by atoms with E-state index in [9.17, 15) is 4.79 Å². The first kappa shape index (κ1) is 14.2. The Kier molecular flexibility index (Phi) is 4.74. The molecule has 1 aliphatic heterocycles. The Bertz CT molecular complexity index is 422. The van der Waals surface area contributed by atoms with Gasteiger partial charge < -0.3 is 9.80 Å². The first-order valence-corrected chi connectivity index (χ1v) is 7.81. The maximum absolute atomic E-state index is 12.3. The summed E-state index contributed by atoms with van der Waals surface area (Å²) in [5.74, 6) is 0.508. The molecule has 1 aromatic rings. The molecule has 1 aromatic heterocycles. The summed E-state index contributed by atoms with van der Waals surface area (Å²) < 4.78 is 0. The van der Waals surface area contributed by atoms with Gasteiger partial charge in [-0.1, -0.05) is 25.2 Å². The zero-order valence-electron chi connectivity index (χ0n) is 11.9. The number of carbonyl (C=O) groups is 1. The van der Waals surface area contributed by atoms with Crippen LogP contribution in [-0.2, 0) is 4.79 Å². The molecule has 0 saturated carbocycles. The number of piperazine rings is 1. The van der Waals surface area contributed by atoms with Crippen molar-refractivity contribution < 1.29 is 4.79 Å². The van der Waals surface area contributed by atoms with E-state index in [1.807, 2.05) is 11.8 Å². The molecule has 19 heavy (non-hydrogen) atoms. The van der Waals surface area contributed by atoms with Crippen molar-refractivity contribution >= 4 is 22.4 Å². The number of amides is 1. The molecule has 0 atom stereocenters. The second kappa shape index (κ2) is 6.32. The van der Waals surface area contributed by atoms with Crippen LogP contribution in [0.25, 0.3) is 0 Å². The third kappa shape index (κ3) is 3.23. The van der Waals surface area contributed by atoms with Crippen molar-refractivity contribution in [2.24, 2.45) is 5.92 Å². The normalized spacial score (nSPS) is 16.2. The van der Waals surface area contributed by atoms with Gasteiger partial charge in [-0.2, -0.15) is 0 Å². The van der Waals surface area contributed by atoms with E-state index in [2.05, 4.69) is 28.9 Å². The van der Waals surface area contributed by atoms with Crippen molar-refractivity contribution in [3.63, 3.8) is 0 Å². The van der Waals surface area contributed by atoms with E-state index in [-0.39, 0.29) is 5.92 Å². The molecule has 0 unspecified atom stereocenters. The van der Waals surface area contributed by atoms with E-state index in [1.54, 1.807) is 11.3 Å². The van der Waals surface area contributed by atoms with E-state index >= 15 is 0 Å². The van der Waals surface area contributed by atoms with Gasteiger partial charge >= 0.3 is 0 Å². The molecule has 1 aliphatic rings. The van der Waals surface area contributed by atoms with Gasteiger partial charge in [-0.15, -0.1) is 10.2 Å². The lowest BCUT2D eigenvalue weighted by molar-refractivity contribution is -0.136. The van der Waals surface area contributed by atoms with Crippen LogP contribution in [-0.4, -0.2) is 47.2 Å². The number of aryl methyl sites for hydroxylation is 1. The van der Waals surface area contributed by atoms with Gasteiger partial charge in [-0.3, -0.25) is 4.79 Å². The molecule has 0 N–H and O–H groups in total. The monoisotopic (exact) mass is 282 g/mol. The van der Waals surface area contributed by atoms with E-state index in [0.717, 1.165) is 49.2 Å². The molecule has 0 spiro atoms. The highest BCUT2D eigenvalue weighted by molar-refractivity contribution is 7.15. The number of nitrogens with zero attached hydrogens (tertiary/aromatic N) is 4. The van der Waals surface area contributed by atoms with Crippen molar-refractivity contribution in [2.75, 3.05) is 31.1 Å². The minimum atomic E-state index is 0.190. The minimum absolute atomic E-state index is 0.190. The highest BCUT2D eigenvalue weighted by Crippen LogP contribution is 2.21. The van der Waals surface area contributed by atoms with Gasteiger partial charge in [0.2, 0.25) is 11.0 Å². The molecule has 1 amide bonds. The van der Waals surface area contributed by atoms with Crippen LogP contribution in [0.15, 0.2) is 0 Å². The maximum atomic E-state index is 12.3. The SMILES string of the molecule is CCC(CC)C(=O)N1CCN(c2nnc(C)s2)CC1. The summed E-state index contributed by atoms with van der Waals surface area (Å²) in [7, 11) is 0. The molecule has 1 saturated heterocycles. The highest BCUT2D eigenvalue weighted by atomic mass is 32.1. The van der Waals surface area contributed by atoms with Crippen LogP contribution in [0, 0.1) is 12.8 Å². The van der Waals surface area contributed by atoms with E-state index in [4.69, 9.17) is 0 Å². The number of hydrogen-bond donors (Lipinski definition) is 0. The average Bonchev–Trinajstić information content (AvgIpc) is 2.87. The Balaban J connectivity index is 1.90. The fourth-order valence-electron chi connectivity index (χ4n) is 2.43. The maximum Gasteiger partial charge on any atom is 0.225 e. The fraction of sp³-hybridized carbons (Fsp3) is 0.769. The van der Waals surface area contributed by atoms with Crippen LogP contribution in [0.3, 0.4) is 0 Å². The Hall–Kier alpha value is -1.17. The lowest BCUT2D eigenvalue weighted by atomic mass is 10.0. The summed E-state index contributed by atoms with van der Waals surface area (Å²) in [6, 6.07) is 0. The van der Waals surface area contributed by atoms with Crippen LogP contribution in [0.4, 0.5) is 5.13 Å². The zero-order chi connectivity index (χ0) is 13.8. The minimum Gasteiger partial charge on any atom is -0.343 e. The standard InChI is InChI=1S/C13H22N4OS/c1-4-11(5-2)12(18)16-6-8-17(9-7-16)13-15-14-10(3)19-13/h11H,4-9H2,1-3H3. The van der Waals surface area contributed by atoms with Crippen LogP contribution >= 0.6 is 11.3 Å². The van der Waals surface area contributed by atoms with E-state index < -0.39 is 0 Å².